The number of ether oxygens (including phenoxy) is 2. The molecule has 8 nitrogen and oxygen atoms in total. The quantitative estimate of drug-likeness (QED) is 0.725. The van der Waals surface area contributed by atoms with Gasteiger partial charge < -0.3 is 20.1 Å². The molecule has 0 radical (unpaired) electrons. The molecule has 2 aromatic rings. The summed E-state index contributed by atoms with van der Waals surface area (Å²) in [7, 11) is 0. The number of aryl methyl sites for hydroxylation is 1. The Kier molecular flexibility index (Phi) is 6.11. The first-order chi connectivity index (χ1) is 14.0. The Morgan fingerprint density at radius 3 is 2.62 bits per heavy atom. The van der Waals surface area contributed by atoms with Crippen LogP contribution in [0.2, 0.25) is 0 Å². The number of para-hydroxylation sites is 1. The van der Waals surface area contributed by atoms with E-state index < -0.39 is 18.0 Å². The van der Waals surface area contributed by atoms with E-state index in [4.69, 9.17) is 9.47 Å². The largest absolute Gasteiger partial charge is 0.463 e. The minimum atomic E-state index is -0.565. The van der Waals surface area contributed by atoms with Crippen LogP contribution in [0, 0.1) is 6.92 Å². The fourth-order valence-electron chi connectivity index (χ4n) is 3.24. The number of esters is 2. The van der Waals surface area contributed by atoms with Crippen LogP contribution in [0.1, 0.15) is 35.5 Å². The van der Waals surface area contributed by atoms with E-state index in [1.165, 1.54) is 0 Å². The summed E-state index contributed by atoms with van der Waals surface area (Å²) in [5, 5.41) is 5.73. The fraction of sp³-hybridized carbons (Fsp3) is 0.333. The predicted molar refractivity (Wildman–Crippen MR) is 106 cm³/mol. The molecule has 0 saturated carbocycles. The van der Waals surface area contributed by atoms with Crippen molar-refractivity contribution in [3.8, 4) is 0 Å². The van der Waals surface area contributed by atoms with E-state index in [0.29, 0.717) is 22.9 Å². The van der Waals surface area contributed by atoms with E-state index in [1.807, 2.05) is 38.1 Å². The first kappa shape index (κ1) is 20.3. The fourth-order valence-corrected chi connectivity index (χ4v) is 3.24. The highest BCUT2D eigenvalue weighted by molar-refractivity contribution is 6.05. The molecule has 0 saturated heterocycles. The molecule has 2 N–H and O–H groups in total. The lowest BCUT2D eigenvalue weighted by atomic mass is 10.0. The van der Waals surface area contributed by atoms with Crippen LogP contribution in [0.3, 0.4) is 0 Å². The maximum absolute atomic E-state index is 13.0. The van der Waals surface area contributed by atoms with Crippen molar-refractivity contribution < 1.29 is 23.9 Å². The number of carbonyl (C=O) groups excluding carboxylic acids is 3. The zero-order valence-corrected chi connectivity index (χ0v) is 16.6. The maximum atomic E-state index is 13.0. The van der Waals surface area contributed by atoms with Gasteiger partial charge in [-0.2, -0.15) is 0 Å². The van der Waals surface area contributed by atoms with Gasteiger partial charge in [-0.25, -0.2) is 14.4 Å². The second-order valence-electron chi connectivity index (χ2n) is 6.49. The van der Waals surface area contributed by atoms with Crippen molar-refractivity contribution >= 4 is 28.9 Å². The highest BCUT2D eigenvalue weighted by Crippen LogP contribution is 2.24. The van der Waals surface area contributed by atoms with Gasteiger partial charge in [0, 0.05) is 11.1 Å². The van der Waals surface area contributed by atoms with E-state index in [9.17, 15) is 14.4 Å². The molecule has 29 heavy (non-hydrogen) atoms. The lowest BCUT2D eigenvalue weighted by Gasteiger charge is -2.21. The number of amides is 2. The standard InChI is InChI=1S/C21H23N3O5/c1-4-15-12(3)18(13-8-6-7-9-16(13)23-15)20(26)29-11-17-14(19(25)28-5-2)10-22-21(27)24-17/h6-9H,4-5,10-11H2,1-3H3,(H2,22,24,27). The van der Waals surface area contributed by atoms with Gasteiger partial charge in [-0.05, 0) is 31.9 Å². The van der Waals surface area contributed by atoms with Crippen molar-refractivity contribution in [2.75, 3.05) is 19.8 Å². The first-order valence-corrected chi connectivity index (χ1v) is 9.45. The maximum Gasteiger partial charge on any atom is 0.339 e. The molecule has 8 heteroatoms. The topological polar surface area (TPSA) is 107 Å². The number of nitrogens with one attached hydrogen (secondary N) is 2. The third-order valence-corrected chi connectivity index (χ3v) is 4.70. The molecule has 0 bridgehead atoms. The molecule has 1 aliphatic rings. The minimum absolute atomic E-state index is 0.00868. The second-order valence-corrected chi connectivity index (χ2v) is 6.49. The summed E-state index contributed by atoms with van der Waals surface area (Å²) >= 11 is 0. The highest BCUT2D eigenvalue weighted by Gasteiger charge is 2.25. The number of hydrogen-bond donors (Lipinski definition) is 2. The number of nitrogens with zero attached hydrogens (tertiary/aromatic N) is 1. The van der Waals surface area contributed by atoms with Crippen LogP contribution in [0.5, 0.6) is 0 Å². The Hall–Kier alpha value is -3.42. The molecule has 0 spiro atoms. The lowest BCUT2D eigenvalue weighted by Crippen LogP contribution is -2.45. The third-order valence-electron chi connectivity index (χ3n) is 4.70. The number of pyridine rings is 1. The molecule has 1 aromatic carbocycles. The first-order valence-electron chi connectivity index (χ1n) is 9.45. The van der Waals surface area contributed by atoms with Crippen molar-refractivity contribution in [2.45, 2.75) is 27.2 Å². The Bertz CT molecular complexity index is 1010. The van der Waals surface area contributed by atoms with E-state index in [-0.39, 0.29) is 31.0 Å². The summed E-state index contributed by atoms with van der Waals surface area (Å²) < 4.78 is 10.5. The Morgan fingerprint density at radius 1 is 1.14 bits per heavy atom. The van der Waals surface area contributed by atoms with Crippen molar-refractivity contribution in [3.63, 3.8) is 0 Å². The molecule has 1 aliphatic heterocycles. The molecular weight excluding hydrogens is 374 g/mol. The van der Waals surface area contributed by atoms with Crippen molar-refractivity contribution in [3.05, 3.63) is 52.4 Å². The Morgan fingerprint density at radius 2 is 1.90 bits per heavy atom. The van der Waals surface area contributed by atoms with Gasteiger partial charge in [0.25, 0.3) is 0 Å². The molecular formula is C21H23N3O5. The van der Waals surface area contributed by atoms with Gasteiger partial charge in [-0.3, -0.25) is 4.98 Å². The van der Waals surface area contributed by atoms with Gasteiger partial charge in [-0.1, -0.05) is 25.1 Å². The smallest absolute Gasteiger partial charge is 0.339 e. The SMILES string of the molecule is CCOC(=O)C1=C(COC(=O)c2c(C)c(CC)nc3ccccc23)NC(=O)NC1. The molecule has 0 unspecified atom stereocenters. The molecule has 3 rings (SSSR count). The zero-order chi connectivity index (χ0) is 21.0. The molecule has 2 heterocycles. The van der Waals surface area contributed by atoms with Crippen LogP contribution in [0.15, 0.2) is 35.5 Å². The monoisotopic (exact) mass is 397 g/mol. The third kappa shape index (κ3) is 4.21. The Balaban J connectivity index is 1.91. The number of hydrogen-bond acceptors (Lipinski definition) is 6. The number of carbonyl (C=O) groups is 3. The number of fused-ring (bicyclic) bond motifs is 1. The number of urea groups is 1. The van der Waals surface area contributed by atoms with Crippen molar-refractivity contribution in [2.24, 2.45) is 0 Å². The molecule has 2 amide bonds. The van der Waals surface area contributed by atoms with Crippen LogP contribution in [-0.4, -0.2) is 42.7 Å². The number of benzene rings is 1. The lowest BCUT2D eigenvalue weighted by molar-refractivity contribution is -0.138. The average Bonchev–Trinajstić information content (AvgIpc) is 2.71. The zero-order valence-electron chi connectivity index (χ0n) is 16.6. The van der Waals surface area contributed by atoms with Gasteiger partial charge in [0.2, 0.25) is 0 Å². The minimum Gasteiger partial charge on any atom is -0.463 e. The van der Waals surface area contributed by atoms with E-state index in [1.54, 1.807) is 6.92 Å². The van der Waals surface area contributed by atoms with Crippen molar-refractivity contribution in [1.29, 1.82) is 0 Å². The average molecular weight is 397 g/mol. The van der Waals surface area contributed by atoms with E-state index in [0.717, 1.165) is 11.3 Å². The summed E-state index contributed by atoms with van der Waals surface area (Å²) in [6.07, 6.45) is 0.677. The molecule has 152 valence electrons. The van der Waals surface area contributed by atoms with Gasteiger partial charge in [0.1, 0.15) is 6.61 Å². The van der Waals surface area contributed by atoms with Crippen LogP contribution in [0.4, 0.5) is 4.79 Å². The number of aromatic nitrogens is 1. The summed E-state index contributed by atoms with van der Waals surface area (Å²) in [6, 6.07) is 6.89. The van der Waals surface area contributed by atoms with Crippen LogP contribution in [0.25, 0.3) is 10.9 Å². The molecule has 0 fully saturated rings. The predicted octanol–water partition coefficient (Wildman–Crippen LogP) is 2.39. The Labute approximate surface area is 168 Å². The second kappa shape index (κ2) is 8.72. The molecule has 1 aromatic heterocycles. The van der Waals surface area contributed by atoms with Gasteiger partial charge in [0.05, 0.1) is 35.5 Å². The highest BCUT2D eigenvalue weighted by atomic mass is 16.5. The normalized spacial score (nSPS) is 13.7. The van der Waals surface area contributed by atoms with Crippen LogP contribution >= 0.6 is 0 Å². The van der Waals surface area contributed by atoms with Crippen molar-refractivity contribution in [1.82, 2.24) is 15.6 Å². The van der Waals surface area contributed by atoms with Gasteiger partial charge in [-0.15, -0.1) is 0 Å². The molecule has 0 aliphatic carbocycles. The van der Waals surface area contributed by atoms with Gasteiger partial charge >= 0.3 is 18.0 Å². The summed E-state index contributed by atoms with van der Waals surface area (Å²) in [6.45, 7) is 5.46. The number of rotatable bonds is 6. The van der Waals surface area contributed by atoms with Crippen LogP contribution < -0.4 is 10.6 Å². The van der Waals surface area contributed by atoms with E-state index >= 15 is 0 Å². The van der Waals surface area contributed by atoms with Crippen LogP contribution in [-0.2, 0) is 20.7 Å². The summed E-state index contributed by atoms with van der Waals surface area (Å²) in [4.78, 5) is 41.4. The van der Waals surface area contributed by atoms with E-state index in [2.05, 4.69) is 15.6 Å². The summed E-state index contributed by atoms with van der Waals surface area (Å²) in [5.41, 5.74) is 3.16. The summed E-state index contributed by atoms with van der Waals surface area (Å²) in [5.74, 6) is -1.11. The van der Waals surface area contributed by atoms with Gasteiger partial charge in [0.15, 0.2) is 0 Å². The molecule has 0 atom stereocenters.